The molecule has 2 aliphatic rings. The highest BCUT2D eigenvalue weighted by molar-refractivity contribution is 8.16. The molecule has 8 heteroatoms. The number of aryl methyl sites for hydroxylation is 1. The molecule has 0 radical (unpaired) electrons. The molecule has 2 fully saturated rings. The van der Waals surface area contributed by atoms with Gasteiger partial charge in [0.05, 0.1) is 17.5 Å². The second kappa shape index (κ2) is 7.60. The van der Waals surface area contributed by atoms with Crippen molar-refractivity contribution in [3.8, 4) is 5.75 Å². The lowest BCUT2D eigenvalue weighted by Crippen LogP contribution is -2.38. The van der Waals surface area contributed by atoms with E-state index >= 15 is 0 Å². The Kier molecular flexibility index (Phi) is 5.16. The second-order valence-corrected chi connectivity index (χ2v) is 10.2. The van der Waals surface area contributed by atoms with Crippen molar-refractivity contribution in [1.29, 1.82) is 0 Å². The second-order valence-electron chi connectivity index (χ2n) is 6.85. The van der Waals surface area contributed by atoms with E-state index in [4.69, 9.17) is 4.74 Å². The van der Waals surface area contributed by atoms with Gasteiger partial charge in [0.1, 0.15) is 5.75 Å². The smallest absolute Gasteiger partial charge is 0.285 e. The van der Waals surface area contributed by atoms with Crippen LogP contribution in [-0.2, 0) is 14.6 Å². The molecule has 0 aliphatic carbocycles. The number of benzene rings is 2. The van der Waals surface area contributed by atoms with Crippen molar-refractivity contribution in [2.75, 3.05) is 23.0 Å². The number of aliphatic imine (C=N–C) groups is 1. The summed E-state index contributed by atoms with van der Waals surface area (Å²) in [5.41, 5.74) is 1.89. The van der Waals surface area contributed by atoms with E-state index in [1.807, 2.05) is 54.3 Å². The number of carbonyl (C=O) groups is 1. The maximum atomic E-state index is 12.4. The first-order valence-electron chi connectivity index (χ1n) is 8.94. The molecule has 0 bridgehead atoms. The standard InChI is InChI=1S/C20H20N2O4S2/c1-14-7-5-6-10-16(14)22-17-12-28(24,25)13-18(17)27-20(22)21-19(23)11-26-15-8-3-2-4-9-15/h2-10,17-18H,11-13H2,1H3/t17-,18-/m0/s1. The summed E-state index contributed by atoms with van der Waals surface area (Å²) >= 11 is 1.37. The molecule has 0 aromatic heterocycles. The van der Waals surface area contributed by atoms with Crippen molar-refractivity contribution in [3.05, 3.63) is 60.2 Å². The van der Waals surface area contributed by atoms with Crippen LogP contribution in [0.5, 0.6) is 5.75 Å². The predicted molar refractivity (Wildman–Crippen MR) is 112 cm³/mol. The zero-order chi connectivity index (χ0) is 19.7. The van der Waals surface area contributed by atoms with E-state index in [1.165, 1.54) is 11.8 Å². The molecule has 146 valence electrons. The third-order valence-electron chi connectivity index (χ3n) is 4.77. The molecule has 2 heterocycles. The molecule has 0 saturated carbocycles. The molecule has 0 N–H and O–H groups in total. The summed E-state index contributed by atoms with van der Waals surface area (Å²) in [6, 6.07) is 16.6. The van der Waals surface area contributed by atoms with E-state index in [1.54, 1.807) is 12.1 Å². The van der Waals surface area contributed by atoms with Crippen LogP contribution in [0.25, 0.3) is 0 Å². The first-order chi connectivity index (χ1) is 13.4. The molecular formula is C20H20N2O4S2. The lowest BCUT2D eigenvalue weighted by molar-refractivity contribution is -0.119. The van der Waals surface area contributed by atoms with Gasteiger partial charge in [-0.05, 0) is 30.7 Å². The maximum absolute atomic E-state index is 12.4. The summed E-state index contributed by atoms with van der Waals surface area (Å²) in [5, 5.41) is 0.423. The zero-order valence-electron chi connectivity index (χ0n) is 15.3. The normalized spacial score (nSPS) is 24.3. The van der Waals surface area contributed by atoms with Crippen molar-refractivity contribution < 1.29 is 17.9 Å². The molecule has 0 unspecified atom stereocenters. The number of carbonyl (C=O) groups excluding carboxylic acids is 1. The first kappa shape index (κ1) is 19.0. The molecule has 1 amide bonds. The Morgan fingerprint density at radius 3 is 2.61 bits per heavy atom. The lowest BCUT2D eigenvalue weighted by Gasteiger charge is -2.26. The molecule has 6 nitrogen and oxygen atoms in total. The van der Waals surface area contributed by atoms with Crippen molar-refractivity contribution in [2.24, 2.45) is 4.99 Å². The average molecular weight is 417 g/mol. The van der Waals surface area contributed by atoms with Crippen molar-refractivity contribution in [1.82, 2.24) is 0 Å². The Morgan fingerprint density at radius 2 is 1.86 bits per heavy atom. The maximum Gasteiger partial charge on any atom is 0.285 e. The summed E-state index contributed by atoms with van der Waals surface area (Å²) in [4.78, 5) is 18.6. The van der Waals surface area contributed by atoms with Crippen LogP contribution in [0.1, 0.15) is 5.56 Å². The van der Waals surface area contributed by atoms with Gasteiger partial charge in [-0.25, -0.2) is 8.42 Å². The van der Waals surface area contributed by atoms with E-state index in [0.29, 0.717) is 10.9 Å². The molecule has 2 aliphatic heterocycles. The van der Waals surface area contributed by atoms with Crippen LogP contribution in [0.4, 0.5) is 5.69 Å². The summed E-state index contributed by atoms with van der Waals surface area (Å²) in [6.07, 6.45) is 0. The van der Waals surface area contributed by atoms with Gasteiger partial charge in [0, 0.05) is 10.9 Å². The van der Waals surface area contributed by atoms with Gasteiger partial charge < -0.3 is 9.64 Å². The van der Waals surface area contributed by atoms with Crippen LogP contribution in [0, 0.1) is 6.92 Å². The summed E-state index contributed by atoms with van der Waals surface area (Å²) < 4.78 is 29.7. The highest BCUT2D eigenvalue weighted by atomic mass is 32.2. The minimum atomic E-state index is -3.08. The van der Waals surface area contributed by atoms with Crippen LogP contribution in [0.2, 0.25) is 0 Å². The van der Waals surface area contributed by atoms with E-state index < -0.39 is 15.7 Å². The van der Waals surface area contributed by atoms with Crippen LogP contribution in [0.15, 0.2) is 59.6 Å². The lowest BCUT2D eigenvalue weighted by atomic mass is 10.1. The van der Waals surface area contributed by atoms with Gasteiger partial charge in [-0.1, -0.05) is 48.2 Å². The van der Waals surface area contributed by atoms with Crippen LogP contribution >= 0.6 is 11.8 Å². The number of sulfone groups is 1. The van der Waals surface area contributed by atoms with Gasteiger partial charge in [-0.15, -0.1) is 0 Å². The number of thioether (sulfide) groups is 1. The van der Waals surface area contributed by atoms with Gasteiger partial charge in [-0.3, -0.25) is 4.79 Å². The SMILES string of the molecule is Cc1ccccc1N1C(=NC(=O)COc2ccccc2)S[C@H]2CS(=O)(=O)C[C@@H]21. The van der Waals surface area contributed by atoms with Gasteiger partial charge in [-0.2, -0.15) is 4.99 Å². The van der Waals surface area contributed by atoms with Crippen LogP contribution in [0.3, 0.4) is 0 Å². The number of hydrogen-bond donors (Lipinski definition) is 0. The molecule has 2 atom stereocenters. The molecule has 2 saturated heterocycles. The monoisotopic (exact) mass is 416 g/mol. The molecule has 0 spiro atoms. The first-order valence-corrected chi connectivity index (χ1v) is 11.6. The summed E-state index contributed by atoms with van der Waals surface area (Å²) in [6.45, 7) is 1.80. The number of amides is 1. The predicted octanol–water partition coefficient (Wildman–Crippen LogP) is 2.68. The van der Waals surface area contributed by atoms with Gasteiger partial charge in [0.15, 0.2) is 21.6 Å². The topological polar surface area (TPSA) is 76.0 Å². The number of hydrogen-bond acceptors (Lipinski definition) is 5. The molecule has 4 rings (SSSR count). The zero-order valence-corrected chi connectivity index (χ0v) is 16.9. The Bertz CT molecular complexity index is 1020. The van der Waals surface area contributed by atoms with E-state index in [0.717, 1.165) is 11.3 Å². The summed E-state index contributed by atoms with van der Waals surface area (Å²) in [5.74, 6) is 0.396. The highest BCUT2D eigenvalue weighted by Crippen LogP contribution is 2.41. The molecular weight excluding hydrogens is 396 g/mol. The van der Waals surface area contributed by atoms with E-state index in [9.17, 15) is 13.2 Å². The number of fused-ring (bicyclic) bond motifs is 1. The number of rotatable bonds is 4. The Hall–Kier alpha value is -2.32. The number of ether oxygens (including phenoxy) is 1. The molecule has 28 heavy (non-hydrogen) atoms. The van der Waals surface area contributed by atoms with E-state index in [2.05, 4.69) is 4.99 Å². The Balaban J connectivity index is 1.59. The minimum absolute atomic E-state index is 0.0761. The Morgan fingerprint density at radius 1 is 1.14 bits per heavy atom. The third-order valence-corrected chi connectivity index (χ3v) is 7.98. The molecule has 2 aromatic carbocycles. The van der Waals surface area contributed by atoms with Crippen molar-refractivity contribution in [3.63, 3.8) is 0 Å². The van der Waals surface area contributed by atoms with Crippen molar-refractivity contribution >= 4 is 38.4 Å². The third kappa shape index (κ3) is 3.93. The fourth-order valence-corrected chi connectivity index (χ4v) is 7.40. The van der Waals surface area contributed by atoms with Crippen molar-refractivity contribution in [2.45, 2.75) is 18.2 Å². The minimum Gasteiger partial charge on any atom is -0.484 e. The summed E-state index contributed by atoms with van der Waals surface area (Å²) in [7, 11) is -3.08. The quantitative estimate of drug-likeness (QED) is 0.763. The fourth-order valence-electron chi connectivity index (χ4n) is 3.48. The van der Waals surface area contributed by atoms with Gasteiger partial charge in [0.25, 0.3) is 5.91 Å². The Labute approximate surface area is 168 Å². The average Bonchev–Trinajstić information content (AvgIpc) is 3.12. The van der Waals surface area contributed by atoms with Gasteiger partial charge >= 0.3 is 0 Å². The largest absolute Gasteiger partial charge is 0.484 e. The highest BCUT2D eigenvalue weighted by Gasteiger charge is 2.49. The number of nitrogens with zero attached hydrogens (tertiary/aromatic N) is 2. The van der Waals surface area contributed by atoms with Crippen LogP contribution < -0.4 is 9.64 Å². The van der Waals surface area contributed by atoms with Crippen LogP contribution in [-0.4, -0.2) is 48.9 Å². The van der Waals surface area contributed by atoms with Gasteiger partial charge in [0.2, 0.25) is 0 Å². The number of amidine groups is 1. The molecule has 2 aromatic rings. The number of para-hydroxylation sites is 2. The number of anilines is 1. The van der Waals surface area contributed by atoms with E-state index in [-0.39, 0.29) is 29.4 Å². The fraction of sp³-hybridized carbons (Fsp3) is 0.300.